The van der Waals surface area contributed by atoms with Gasteiger partial charge in [0.05, 0.1) is 17.3 Å². The number of halogens is 3. The van der Waals surface area contributed by atoms with Crippen LogP contribution in [-0.2, 0) is 0 Å². The largest absolute Gasteiger partial charge is 0.377 e. The van der Waals surface area contributed by atoms with Crippen molar-refractivity contribution < 1.29 is 0 Å². The predicted molar refractivity (Wildman–Crippen MR) is 87.4 cm³/mol. The minimum absolute atomic E-state index is 0.0406. The van der Waals surface area contributed by atoms with Crippen molar-refractivity contribution in [1.82, 2.24) is 0 Å². The van der Waals surface area contributed by atoms with Crippen LogP contribution in [0.15, 0.2) is 40.9 Å². The Bertz CT molecular complexity index is 680. The number of hydrogen-bond donors (Lipinski definition) is 1. The molecule has 0 aliphatic heterocycles. The van der Waals surface area contributed by atoms with Crippen LogP contribution < -0.4 is 5.32 Å². The van der Waals surface area contributed by atoms with Gasteiger partial charge in [-0.25, -0.2) is 0 Å². The van der Waals surface area contributed by atoms with Gasteiger partial charge in [-0.05, 0) is 52.7 Å². The first kappa shape index (κ1) is 15.2. The Morgan fingerprint density at radius 3 is 2.65 bits per heavy atom. The lowest BCUT2D eigenvalue weighted by Crippen LogP contribution is -2.08. The first-order chi connectivity index (χ1) is 9.52. The molecule has 2 rings (SSSR count). The quantitative estimate of drug-likeness (QED) is 0.741. The van der Waals surface area contributed by atoms with E-state index in [4.69, 9.17) is 23.2 Å². The Morgan fingerprint density at radius 1 is 1.25 bits per heavy atom. The van der Waals surface area contributed by atoms with Gasteiger partial charge in [0.2, 0.25) is 0 Å². The van der Waals surface area contributed by atoms with Crippen molar-refractivity contribution in [3.8, 4) is 6.07 Å². The van der Waals surface area contributed by atoms with Crippen molar-refractivity contribution in [2.75, 3.05) is 5.32 Å². The number of rotatable bonds is 3. The molecule has 0 saturated carbocycles. The van der Waals surface area contributed by atoms with Gasteiger partial charge in [0.1, 0.15) is 6.07 Å². The molecule has 1 atom stereocenters. The average molecular weight is 370 g/mol. The fourth-order valence-electron chi connectivity index (χ4n) is 1.92. The number of anilines is 1. The zero-order valence-electron chi connectivity index (χ0n) is 10.6. The molecule has 0 spiro atoms. The van der Waals surface area contributed by atoms with E-state index in [0.29, 0.717) is 15.6 Å². The molecular weight excluding hydrogens is 359 g/mol. The Labute approximate surface area is 136 Å². The van der Waals surface area contributed by atoms with Crippen LogP contribution in [-0.4, -0.2) is 0 Å². The van der Waals surface area contributed by atoms with E-state index in [1.807, 2.05) is 31.2 Å². The number of nitriles is 1. The second kappa shape index (κ2) is 6.49. The fraction of sp³-hybridized carbons (Fsp3) is 0.133. The zero-order valence-corrected chi connectivity index (χ0v) is 13.7. The van der Waals surface area contributed by atoms with Crippen LogP contribution in [0, 0.1) is 11.3 Å². The van der Waals surface area contributed by atoms with Gasteiger partial charge in [-0.3, -0.25) is 0 Å². The van der Waals surface area contributed by atoms with Crippen LogP contribution >= 0.6 is 39.1 Å². The molecule has 1 N–H and O–H groups in total. The summed E-state index contributed by atoms with van der Waals surface area (Å²) in [6.45, 7) is 1.98. The van der Waals surface area contributed by atoms with E-state index in [2.05, 4.69) is 27.3 Å². The van der Waals surface area contributed by atoms with E-state index in [9.17, 15) is 5.26 Å². The van der Waals surface area contributed by atoms with E-state index in [-0.39, 0.29) is 6.04 Å². The SMILES string of the molecule is CC(Nc1cccc(Br)c1C#N)c1ccc(Cl)cc1Cl. The molecular formula is C15H11BrCl2N2. The van der Waals surface area contributed by atoms with Gasteiger partial charge in [-0.1, -0.05) is 35.3 Å². The molecule has 0 heterocycles. The van der Waals surface area contributed by atoms with Crippen LogP contribution in [0.4, 0.5) is 5.69 Å². The Kier molecular flexibility index (Phi) is 4.93. The number of nitrogens with zero attached hydrogens (tertiary/aromatic N) is 1. The van der Waals surface area contributed by atoms with Crippen LogP contribution in [0.5, 0.6) is 0 Å². The molecule has 0 aliphatic carbocycles. The standard InChI is InChI=1S/C15H11BrCl2N2/c1-9(11-6-5-10(17)7-14(11)18)20-15-4-2-3-13(16)12(15)8-19/h2-7,9,20H,1H3. The Morgan fingerprint density at radius 2 is 2.00 bits per heavy atom. The highest BCUT2D eigenvalue weighted by atomic mass is 79.9. The molecule has 0 saturated heterocycles. The lowest BCUT2D eigenvalue weighted by molar-refractivity contribution is 0.884. The smallest absolute Gasteiger partial charge is 0.103 e. The maximum atomic E-state index is 9.21. The summed E-state index contributed by atoms with van der Waals surface area (Å²) in [7, 11) is 0. The molecule has 0 amide bonds. The van der Waals surface area contributed by atoms with Gasteiger partial charge in [-0.15, -0.1) is 0 Å². The molecule has 0 aromatic heterocycles. The normalized spacial score (nSPS) is 11.8. The first-order valence-electron chi connectivity index (χ1n) is 5.93. The van der Waals surface area contributed by atoms with E-state index >= 15 is 0 Å². The average Bonchev–Trinajstić information content (AvgIpc) is 2.38. The second-order valence-electron chi connectivity index (χ2n) is 4.31. The highest BCUT2D eigenvalue weighted by molar-refractivity contribution is 9.10. The third-order valence-electron chi connectivity index (χ3n) is 2.93. The number of hydrogen-bond acceptors (Lipinski definition) is 2. The van der Waals surface area contributed by atoms with Gasteiger partial charge >= 0.3 is 0 Å². The van der Waals surface area contributed by atoms with Crippen LogP contribution in [0.1, 0.15) is 24.1 Å². The molecule has 0 fully saturated rings. The Balaban J connectivity index is 2.31. The van der Waals surface area contributed by atoms with Crippen LogP contribution in [0.3, 0.4) is 0 Å². The molecule has 2 aromatic carbocycles. The minimum atomic E-state index is -0.0406. The van der Waals surface area contributed by atoms with Crippen LogP contribution in [0.25, 0.3) is 0 Å². The van der Waals surface area contributed by atoms with Crippen molar-refractivity contribution in [2.24, 2.45) is 0 Å². The van der Waals surface area contributed by atoms with E-state index < -0.39 is 0 Å². The van der Waals surface area contributed by atoms with Crippen molar-refractivity contribution in [3.05, 3.63) is 62.0 Å². The van der Waals surface area contributed by atoms with E-state index in [1.54, 1.807) is 12.1 Å². The summed E-state index contributed by atoms with van der Waals surface area (Å²) >= 11 is 15.5. The summed E-state index contributed by atoms with van der Waals surface area (Å²) in [4.78, 5) is 0. The summed E-state index contributed by atoms with van der Waals surface area (Å²) in [5.41, 5.74) is 2.27. The monoisotopic (exact) mass is 368 g/mol. The molecule has 2 nitrogen and oxygen atoms in total. The van der Waals surface area contributed by atoms with Gasteiger partial charge in [-0.2, -0.15) is 5.26 Å². The molecule has 0 bridgehead atoms. The maximum absolute atomic E-state index is 9.21. The van der Waals surface area contributed by atoms with E-state index in [1.165, 1.54) is 0 Å². The van der Waals surface area contributed by atoms with Crippen molar-refractivity contribution in [2.45, 2.75) is 13.0 Å². The van der Waals surface area contributed by atoms with Crippen molar-refractivity contribution in [1.29, 1.82) is 5.26 Å². The number of benzene rings is 2. The molecule has 2 aromatic rings. The Hall–Kier alpha value is -1.21. The number of nitrogens with one attached hydrogen (secondary N) is 1. The summed E-state index contributed by atoms with van der Waals surface area (Å²) in [6.07, 6.45) is 0. The third-order valence-corrected chi connectivity index (χ3v) is 4.15. The molecule has 1 unspecified atom stereocenters. The van der Waals surface area contributed by atoms with Crippen LogP contribution in [0.2, 0.25) is 10.0 Å². The third kappa shape index (κ3) is 3.27. The lowest BCUT2D eigenvalue weighted by atomic mass is 10.1. The molecule has 20 heavy (non-hydrogen) atoms. The minimum Gasteiger partial charge on any atom is -0.377 e. The van der Waals surface area contributed by atoms with Gasteiger partial charge in [0.15, 0.2) is 0 Å². The van der Waals surface area contributed by atoms with Gasteiger partial charge in [0, 0.05) is 14.5 Å². The summed E-state index contributed by atoms with van der Waals surface area (Å²) in [5.74, 6) is 0. The van der Waals surface area contributed by atoms with E-state index in [0.717, 1.165) is 15.7 Å². The van der Waals surface area contributed by atoms with Gasteiger partial charge < -0.3 is 5.32 Å². The molecule has 102 valence electrons. The lowest BCUT2D eigenvalue weighted by Gasteiger charge is -2.18. The second-order valence-corrected chi connectivity index (χ2v) is 6.00. The van der Waals surface area contributed by atoms with Crippen molar-refractivity contribution >= 4 is 44.8 Å². The predicted octanol–water partition coefficient (Wildman–Crippen LogP) is 5.80. The highest BCUT2D eigenvalue weighted by Crippen LogP contribution is 2.31. The first-order valence-corrected chi connectivity index (χ1v) is 7.48. The molecule has 0 radical (unpaired) electrons. The zero-order chi connectivity index (χ0) is 14.7. The topological polar surface area (TPSA) is 35.8 Å². The molecule has 0 aliphatic rings. The van der Waals surface area contributed by atoms with Crippen molar-refractivity contribution in [3.63, 3.8) is 0 Å². The molecule has 5 heteroatoms. The van der Waals surface area contributed by atoms with Gasteiger partial charge in [0.25, 0.3) is 0 Å². The summed E-state index contributed by atoms with van der Waals surface area (Å²) < 4.78 is 0.763. The fourth-order valence-corrected chi connectivity index (χ4v) is 2.95. The summed E-state index contributed by atoms with van der Waals surface area (Å²) in [5, 5.41) is 13.7. The summed E-state index contributed by atoms with van der Waals surface area (Å²) in [6, 6.07) is 13.1. The highest BCUT2D eigenvalue weighted by Gasteiger charge is 2.13. The maximum Gasteiger partial charge on any atom is 0.103 e.